The van der Waals surface area contributed by atoms with E-state index in [-0.39, 0.29) is 69.6 Å². The molecule has 6 rings (SSSR count). The van der Waals surface area contributed by atoms with Gasteiger partial charge in [0.2, 0.25) is 5.78 Å². The van der Waals surface area contributed by atoms with Crippen molar-refractivity contribution in [1.82, 2.24) is 14.7 Å². The number of nitrogens with two attached hydrogens (primary N) is 2. The number of carbonyl (C=O) groups excluding carboxylic acids is 3. The van der Waals surface area contributed by atoms with Gasteiger partial charge in [-0.25, -0.2) is 0 Å². The number of amides is 1. The van der Waals surface area contributed by atoms with Crippen LogP contribution >= 0.6 is 0 Å². The summed E-state index contributed by atoms with van der Waals surface area (Å²) >= 11 is 0. The summed E-state index contributed by atoms with van der Waals surface area (Å²) in [5.41, 5.74) is 16.7. The average Bonchev–Trinajstić information content (AvgIpc) is 3.59. The molecule has 0 aliphatic rings. The Hall–Kier alpha value is -6.45. The molecule has 4 N–H and O–H groups in total. The van der Waals surface area contributed by atoms with Crippen molar-refractivity contribution >= 4 is 17.5 Å². The predicted octanol–water partition coefficient (Wildman–Crippen LogP) is 13.7. The number of unbranched alkanes of at least 4 members (excludes halogenated alkanes) is 6. The van der Waals surface area contributed by atoms with Crippen LogP contribution in [0.1, 0.15) is 124 Å². The monoisotopic (exact) mass is 1090 g/mol. The van der Waals surface area contributed by atoms with Gasteiger partial charge in [-0.3, -0.25) is 19.4 Å². The molecule has 6 aromatic carbocycles. The molecule has 0 aliphatic carbocycles. The number of benzene rings is 6. The third kappa shape index (κ3) is 18.3. The second-order valence-electron chi connectivity index (χ2n) is 20.0. The molecule has 0 spiro atoms. The Morgan fingerprint density at radius 2 is 0.646 bits per heavy atom. The number of Topliss-reactive ketones (excluding diaryl/α,β-unsaturated/α-hetero) is 2. The van der Waals surface area contributed by atoms with E-state index in [2.05, 4.69) is 95.9 Å². The Bertz CT molecular complexity index is 2450. The van der Waals surface area contributed by atoms with Gasteiger partial charge >= 0.3 is 18.3 Å². The first-order chi connectivity index (χ1) is 38.1. The molecule has 1 amide bonds. The van der Waals surface area contributed by atoms with Gasteiger partial charge in [0.15, 0.2) is 0 Å². The molecular weight excluding hydrogens is 1010 g/mol. The quantitative estimate of drug-likeness (QED) is 0.0246. The fourth-order valence-corrected chi connectivity index (χ4v) is 10.7. The highest BCUT2D eigenvalue weighted by molar-refractivity contribution is 5.84. The summed E-state index contributed by atoms with van der Waals surface area (Å²) in [4.78, 5) is 40.8. The standard InChI is InChI=1S/C36H40F6N2O3.C29H39N3/c1-28(45)16-11-13-24-43(33(47)36(40,41)42)25-15-27-44(26-14-12-23-32(46)35(37,38)39)34(29-17-5-2-6-18-29,30-19-7-3-8-20-30)31-21-9-4-10-22-31;30-22-13-2-1-3-14-24-32(25-15-23-31)29(26-16-7-4-8-17-26,27-18-9-5-10-19-27)28-20-11-6-12-21-28/h2-10,17-22H,11-16,23-27H2,1H3;4-12,16-21H,1-3,13-15,22-25,30-31H2. The average molecular weight is 1090 g/mol. The van der Waals surface area contributed by atoms with Crippen molar-refractivity contribution in [1.29, 1.82) is 0 Å². The van der Waals surface area contributed by atoms with Crippen molar-refractivity contribution in [3.63, 3.8) is 0 Å². The molecule has 0 aliphatic heterocycles. The third-order valence-electron chi connectivity index (χ3n) is 14.4. The van der Waals surface area contributed by atoms with E-state index in [1.165, 1.54) is 49.3 Å². The zero-order valence-electron chi connectivity index (χ0n) is 45.7. The molecule has 6 aromatic rings. The molecule has 8 nitrogen and oxygen atoms in total. The van der Waals surface area contributed by atoms with Crippen molar-refractivity contribution in [2.24, 2.45) is 11.5 Å². The summed E-state index contributed by atoms with van der Waals surface area (Å²) in [6.45, 7) is 4.84. The molecule has 14 heteroatoms. The van der Waals surface area contributed by atoms with Crippen LogP contribution in [-0.2, 0) is 25.5 Å². The summed E-state index contributed by atoms with van der Waals surface area (Å²) in [6.07, 6.45) is -2.68. The van der Waals surface area contributed by atoms with E-state index in [0.29, 0.717) is 13.0 Å². The smallest absolute Gasteiger partial charge is 0.335 e. The van der Waals surface area contributed by atoms with Gasteiger partial charge in [0.1, 0.15) is 5.78 Å². The van der Waals surface area contributed by atoms with Crippen molar-refractivity contribution in [3.05, 3.63) is 215 Å². The van der Waals surface area contributed by atoms with Crippen LogP contribution in [-0.4, -0.2) is 96.9 Å². The van der Waals surface area contributed by atoms with Gasteiger partial charge in [-0.05, 0) is 118 Å². The van der Waals surface area contributed by atoms with Crippen molar-refractivity contribution in [3.8, 4) is 0 Å². The molecule has 0 saturated heterocycles. The number of alkyl halides is 6. The number of nitrogens with zero attached hydrogens (tertiary/aromatic N) is 3. The molecule has 0 atom stereocenters. The number of hydrogen-bond donors (Lipinski definition) is 2. The lowest BCUT2D eigenvalue weighted by Gasteiger charge is -2.46. The first-order valence-corrected chi connectivity index (χ1v) is 27.8. The van der Waals surface area contributed by atoms with E-state index >= 15 is 0 Å². The molecule has 0 aromatic heterocycles. The van der Waals surface area contributed by atoms with Gasteiger partial charge in [0.25, 0.3) is 0 Å². The Labute approximate surface area is 464 Å². The van der Waals surface area contributed by atoms with Gasteiger partial charge in [0, 0.05) is 39.0 Å². The van der Waals surface area contributed by atoms with Crippen LogP contribution < -0.4 is 11.5 Å². The fourth-order valence-electron chi connectivity index (χ4n) is 10.7. The normalized spacial score (nSPS) is 12.0. The zero-order valence-corrected chi connectivity index (χ0v) is 45.7. The summed E-state index contributed by atoms with van der Waals surface area (Å²) in [5, 5.41) is 0. The maximum atomic E-state index is 13.6. The first-order valence-electron chi connectivity index (χ1n) is 27.8. The Balaban J connectivity index is 0.000000312. The fraction of sp³-hybridized carbons (Fsp3) is 0.400. The lowest BCUT2D eigenvalue weighted by atomic mass is 9.75. The molecule has 79 heavy (non-hydrogen) atoms. The highest BCUT2D eigenvalue weighted by Gasteiger charge is 2.45. The largest absolute Gasteiger partial charge is 0.471 e. The number of halogens is 6. The van der Waals surface area contributed by atoms with E-state index < -0.39 is 36.0 Å². The number of hydrogen-bond acceptors (Lipinski definition) is 7. The minimum atomic E-state index is -5.08. The molecule has 0 fully saturated rings. The highest BCUT2D eigenvalue weighted by Crippen LogP contribution is 2.44. The minimum Gasteiger partial charge on any atom is -0.335 e. The molecule has 0 bridgehead atoms. The number of rotatable bonds is 32. The van der Waals surface area contributed by atoms with Gasteiger partial charge < -0.3 is 21.2 Å². The van der Waals surface area contributed by atoms with E-state index in [1.54, 1.807) is 0 Å². The number of ketones is 2. The van der Waals surface area contributed by atoms with Crippen LogP contribution in [0.2, 0.25) is 0 Å². The molecule has 0 heterocycles. The Kier molecular flexibility index (Phi) is 26.1. The molecule has 0 radical (unpaired) electrons. The van der Waals surface area contributed by atoms with Crippen LogP contribution in [0, 0.1) is 0 Å². The second kappa shape index (κ2) is 32.6. The Morgan fingerprint density at radius 1 is 0.354 bits per heavy atom. The maximum absolute atomic E-state index is 13.6. The van der Waals surface area contributed by atoms with E-state index in [1.807, 2.05) is 95.9 Å². The Morgan fingerprint density at radius 3 is 0.987 bits per heavy atom. The van der Waals surface area contributed by atoms with Crippen LogP contribution in [0.5, 0.6) is 0 Å². The topological polar surface area (TPSA) is 113 Å². The van der Waals surface area contributed by atoms with Crippen LogP contribution in [0.25, 0.3) is 0 Å². The number of carbonyl (C=O) groups is 3. The van der Waals surface area contributed by atoms with E-state index in [9.17, 15) is 40.7 Å². The SMILES string of the molecule is CC(=O)CCCCN(CCCN(CCCCC(=O)C(F)(F)F)C(c1ccccc1)(c1ccccc1)c1ccccc1)C(=O)C(F)(F)F.NCCCCCCCN(CCCN)C(c1ccccc1)(c1ccccc1)c1ccccc1. The summed E-state index contributed by atoms with van der Waals surface area (Å²) in [6, 6.07) is 61.2. The predicted molar refractivity (Wildman–Crippen MR) is 304 cm³/mol. The van der Waals surface area contributed by atoms with E-state index in [0.717, 1.165) is 54.1 Å². The third-order valence-corrected chi connectivity index (χ3v) is 14.4. The molecule has 424 valence electrons. The van der Waals surface area contributed by atoms with Crippen LogP contribution in [0.15, 0.2) is 182 Å². The van der Waals surface area contributed by atoms with Gasteiger partial charge in [-0.2, -0.15) is 26.3 Å². The molecule has 0 saturated carbocycles. The molecule has 0 unspecified atom stereocenters. The van der Waals surface area contributed by atoms with Crippen LogP contribution in [0.3, 0.4) is 0 Å². The zero-order chi connectivity index (χ0) is 57.0. The van der Waals surface area contributed by atoms with Gasteiger partial charge in [0.05, 0.1) is 11.1 Å². The second-order valence-corrected chi connectivity index (χ2v) is 20.0. The minimum absolute atomic E-state index is 0.0435. The first kappa shape index (κ1) is 63.4. The lowest BCUT2D eigenvalue weighted by Crippen LogP contribution is -2.50. The van der Waals surface area contributed by atoms with E-state index in [4.69, 9.17) is 11.5 Å². The summed E-state index contributed by atoms with van der Waals surface area (Å²) in [7, 11) is 0. The van der Waals surface area contributed by atoms with Crippen molar-refractivity contribution < 1.29 is 40.7 Å². The highest BCUT2D eigenvalue weighted by atomic mass is 19.4. The van der Waals surface area contributed by atoms with Gasteiger partial charge in [-0.15, -0.1) is 0 Å². The van der Waals surface area contributed by atoms with Crippen LogP contribution in [0.4, 0.5) is 26.3 Å². The molecular formula is C65H79F6N5O3. The van der Waals surface area contributed by atoms with Gasteiger partial charge in [-0.1, -0.05) is 201 Å². The van der Waals surface area contributed by atoms with Crippen molar-refractivity contribution in [2.45, 2.75) is 114 Å². The summed E-state index contributed by atoms with van der Waals surface area (Å²) in [5.74, 6) is -3.86. The lowest BCUT2D eigenvalue weighted by molar-refractivity contribution is -0.185. The van der Waals surface area contributed by atoms with Crippen molar-refractivity contribution in [2.75, 3.05) is 52.4 Å². The summed E-state index contributed by atoms with van der Waals surface area (Å²) < 4.78 is 79.5. The maximum Gasteiger partial charge on any atom is 0.471 e.